The Balaban J connectivity index is -0.0000000351. The van der Waals surface area contributed by atoms with E-state index in [4.69, 9.17) is 0 Å². The summed E-state index contributed by atoms with van der Waals surface area (Å²) in [6.45, 7) is 14.1. The first-order valence-electron chi connectivity index (χ1n) is 6.27. The fourth-order valence-corrected chi connectivity index (χ4v) is 0. The van der Waals surface area contributed by atoms with Gasteiger partial charge in [-0.1, -0.05) is 14.9 Å². The summed E-state index contributed by atoms with van der Waals surface area (Å²) >= 11 is 0.922. The minimum Gasteiger partial charge on any atom is -0.298 e. The van der Waals surface area contributed by atoms with Crippen LogP contribution in [0.5, 0.6) is 0 Å². The van der Waals surface area contributed by atoms with Crippen LogP contribution in [0.4, 0.5) is 0 Å². The Bertz CT molecular complexity index is 287. The molecule has 3 nitrogen and oxygen atoms in total. The molecule has 0 bridgehead atoms. The molecule has 0 aliphatic heterocycles. The van der Waals surface area contributed by atoms with Gasteiger partial charge < -0.3 is 0 Å². The third-order valence-electron chi connectivity index (χ3n) is 1.90. The summed E-state index contributed by atoms with van der Waals surface area (Å²) in [6, 6.07) is 0. The smallest absolute Gasteiger partial charge is 0.0487 e. The second-order valence-electron chi connectivity index (χ2n) is 4.07. The first kappa shape index (κ1) is 36.9. The summed E-state index contributed by atoms with van der Waals surface area (Å²) in [5.74, 6) is 5.36. The standard InChI is InChI=1S/C5H9.C4H9N.C4H6.C2H6N2.2CH4.Ga.2H/c1-4-5(2)3;1-4(2)5-3;2*1-3-4-2;;;;;/h2*1-3H3;2*1-2H3;2*1H4;;;. The van der Waals surface area contributed by atoms with Gasteiger partial charge in [0.15, 0.2) is 0 Å². The number of hydrogen-bond donors (Lipinski definition) is 0. The molecular weight excluding hydrogens is 316 g/mol. The molecule has 0 atom stereocenters. The van der Waals surface area contributed by atoms with Crippen molar-refractivity contribution in [2.45, 2.75) is 63.3 Å². The molecule has 0 aromatic heterocycles. The second kappa shape index (κ2) is 36.5. The van der Waals surface area contributed by atoms with E-state index in [9.17, 15) is 0 Å². The quantitative estimate of drug-likeness (QED) is 0.253. The predicted octanol–water partition coefficient (Wildman–Crippen LogP) is 5.03. The van der Waals surface area contributed by atoms with Gasteiger partial charge in [0.05, 0.1) is 0 Å². The van der Waals surface area contributed by atoms with Crippen LogP contribution in [0, 0.1) is 11.8 Å². The van der Waals surface area contributed by atoms with Crippen LogP contribution in [0.2, 0.25) is 0 Å². The molecule has 126 valence electrons. The molecule has 0 saturated heterocycles. The van der Waals surface area contributed by atoms with E-state index in [-0.39, 0.29) is 14.9 Å². The van der Waals surface area contributed by atoms with Crippen molar-refractivity contribution in [1.29, 1.82) is 0 Å². The summed E-state index contributed by atoms with van der Waals surface area (Å²) in [6.07, 6.45) is 0. The number of allylic oxidation sites excluding steroid dienone is 2. The molecular formula is C17H40GaN3. The van der Waals surface area contributed by atoms with E-state index in [0.717, 1.165) is 24.3 Å². The maximum absolute atomic E-state index is 3.81. The summed E-state index contributed by atoms with van der Waals surface area (Å²) < 4.78 is 1.61. The Morgan fingerprint density at radius 3 is 0.952 bits per heavy atom. The van der Waals surface area contributed by atoms with Crippen LogP contribution in [0.3, 0.4) is 0 Å². The average Bonchev–Trinajstić information content (AvgIpc) is 2.39. The molecule has 0 N–H and O–H groups in total. The molecule has 0 aromatic carbocycles. The summed E-state index contributed by atoms with van der Waals surface area (Å²) in [4.78, 5) is 3.81. The minimum atomic E-state index is 0. The van der Waals surface area contributed by atoms with E-state index in [1.807, 2.05) is 27.7 Å². The van der Waals surface area contributed by atoms with Crippen molar-refractivity contribution in [3.63, 3.8) is 0 Å². The number of aliphatic imine (C=N–C) groups is 1. The van der Waals surface area contributed by atoms with Crippen LogP contribution in [-0.4, -0.2) is 45.5 Å². The van der Waals surface area contributed by atoms with Gasteiger partial charge in [-0.25, -0.2) is 0 Å². The van der Waals surface area contributed by atoms with Crippen molar-refractivity contribution >= 4 is 24.3 Å². The zero-order chi connectivity index (χ0) is 16.3. The van der Waals surface area contributed by atoms with E-state index >= 15 is 0 Å². The van der Waals surface area contributed by atoms with E-state index in [0.29, 0.717) is 0 Å². The third-order valence-corrected chi connectivity index (χ3v) is 4.00. The van der Waals surface area contributed by atoms with E-state index in [1.165, 1.54) is 5.57 Å². The van der Waals surface area contributed by atoms with Gasteiger partial charge in [0, 0.05) is 26.9 Å². The van der Waals surface area contributed by atoms with Gasteiger partial charge >= 0.3 is 49.1 Å². The fraction of sp³-hybridized carbons (Fsp3) is 0.706. The van der Waals surface area contributed by atoms with Crippen molar-refractivity contribution in [2.24, 2.45) is 15.2 Å². The van der Waals surface area contributed by atoms with E-state index in [2.05, 4.69) is 47.8 Å². The zero-order valence-electron chi connectivity index (χ0n) is 14.8. The van der Waals surface area contributed by atoms with E-state index in [1.54, 1.807) is 25.3 Å². The Labute approximate surface area is 145 Å². The van der Waals surface area contributed by atoms with Gasteiger partial charge in [-0.05, 0) is 27.7 Å². The average molecular weight is 356 g/mol. The molecule has 0 heterocycles. The molecule has 0 saturated carbocycles. The molecule has 4 heteroatoms. The van der Waals surface area contributed by atoms with Gasteiger partial charge in [-0.15, -0.1) is 11.8 Å². The summed E-state index contributed by atoms with van der Waals surface area (Å²) in [7, 11) is 5.06. The van der Waals surface area contributed by atoms with Gasteiger partial charge in [-0.2, -0.15) is 10.2 Å². The van der Waals surface area contributed by atoms with Crippen molar-refractivity contribution < 1.29 is 0 Å². The predicted molar refractivity (Wildman–Crippen MR) is 107 cm³/mol. The van der Waals surface area contributed by atoms with Crippen molar-refractivity contribution in [1.82, 2.24) is 0 Å². The van der Waals surface area contributed by atoms with E-state index < -0.39 is 0 Å². The molecule has 0 aliphatic rings. The van der Waals surface area contributed by atoms with Gasteiger partial charge in [0.25, 0.3) is 0 Å². The molecule has 0 aliphatic carbocycles. The van der Waals surface area contributed by atoms with Gasteiger partial charge in [0.2, 0.25) is 0 Å². The first-order valence-corrected chi connectivity index (χ1v) is 8.36. The topological polar surface area (TPSA) is 37.1 Å². The van der Waals surface area contributed by atoms with Crippen LogP contribution in [0.15, 0.2) is 24.9 Å². The van der Waals surface area contributed by atoms with Crippen LogP contribution in [-0.2, 0) is 0 Å². The second-order valence-corrected chi connectivity index (χ2v) is 7.22. The Morgan fingerprint density at radius 1 is 0.762 bits per heavy atom. The number of nitrogens with zero attached hydrogens (tertiary/aromatic N) is 3. The Kier molecular flexibility index (Phi) is 64.2. The molecule has 0 rings (SSSR count). The fourth-order valence-electron chi connectivity index (χ4n) is 0. The van der Waals surface area contributed by atoms with Crippen molar-refractivity contribution in [2.75, 3.05) is 21.1 Å². The van der Waals surface area contributed by atoms with Gasteiger partial charge in [-0.3, -0.25) is 4.99 Å². The molecule has 0 fully saturated rings. The number of rotatable bonds is 0. The molecule has 21 heavy (non-hydrogen) atoms. The van der Waals surface area contributed by atoms with Crippen LogP contribution >= 0.6 is 0 Å². The summed E-state index contributed by atoms with van der Waals surface area (Å²) in [5.41, 5.74) is 2.64. The van der Waals surface area contributed by atoms with Crippen molar-refractivity contribution in [3.8, 4) is 11.8 Å². The normalized spacial score (nSPS) is 6.38. The van der Waals surface area contributed by atoms with Crippen LogP contribution in [0.1, 0.15) is 63.3 Å². The third kappa shape index (κ3) is 109. The molecule has 0 radical (unpaired) electrons. The minimum absolute atomic E-state index is 0. The first-order chi connectivity index (χ1) is 8.74. The Hall–Kier alpha value is -0.794. The maximum atomic E-state index is 3.81. The molecule has 0 amide bonds. The molecule has 0 aromatic rings. The van der Waals surface area contributed by atoms with Crippen LogP contribution in [0.25, 0.3) is 0 Å². The zero-order valence-corrected chi connectivity index (χ0v) is 19.0. The maximum Gasteiger partial charge on any atom is 0.0487 e. The summed E-state index contributed by atoms with van der Waals surface area (Å²) in [5, 5.41) is 6.72. The SMILES string of the molecule is C.C.CC#CC.CC(C)=[C](C)[GaH2].CN=C(C)C.CN=NC. The Morgan fingerprint density at radius 2 is 0.952 bits per heavy atom. The number of azo groups is 1. The van der Waals surface area contributed by atoms with Gasteiger partial charge in [0.1, 0.15) is 0 Å². The largest absolute Gasteiger partial charge is 0.298 e. The van der Waals surface area contributed by atoms with Crippen molar-refractivity contribution in [3.05, 3.63) is 9.70 Å². The molecule has 0 unspecified atom stereocenters. The van der Waals surface area contributed by atoms with Crippen LogP contribution < -0.4 is 0 Å². The number of hydrogen-bond acceptors (Lipinski definition) is 3. The molecule has 0 spiro atoms. The monoisotopic (exact) mass is 355 g/mol.